The fourth-order valence-electron chi connectivity index (χ4n) is 1.83. The van der Waals surface area contributed by atoms with Crippen LogP contribution in [0.4, 0.5) is 11.5 Å². The molecule has 3 heteroatoms. The van der Waals surface area contributed by atoms with Crippen molar-refractivity contribution in [3.8, 4) is 0 Å². The van der Waals surface area contributed by atoms with Gasteiger partial charge in [-0.25, -0.2) is 4.98 Å². The van der Waals surface area contributed by atoms with Crippen molar-refractivity contribution in [2.24, 2.45) is 5.41 Å². The highest BCUT2D eigenvalue weighted by molar-refractivity contribution is 5.49. The number of hydrogen-bond donors (Lipinski definition) is 2. The van der Waals surface area contributed by atoms with E-state index in [9.17, 15) is 0 Å². The van der Waals surface area contributed by atoms with Crippen molar-refractivity contribution in [2.45, 2.75) is 26.2 Å². The Morgan fingerprint density at radius 3 is 2.93 bits per heavy atom. The van der Waals surface area contributed by atoms with Crippen molar-refractivity contribution in [3.63, 3.8) is 0 Å². The smallest absolute Gasteiger partial charge is 0.125 e. The van der Waals surface area contributed by atoms with Crippen LogP contribution in [0.5, 0.6) is 0 Å². The summed E-state index contributed by atoms with van der Waals surface area (Å²) in [4.78, 5) is 3.96. The molecule has 1 aliphatic carbocycles. The summed E-state index contributed by atoms with van der Waals surface area (Å²) in [6.07, 6.45) is 5.78. The molecule has 2 rings (SSSR count). The van der Waals surface area contributed by atoms with Crippen LogP contribution in [0.25, 0.3) is 0 Å². The van der Waals surface area contributed by atoms with E-state index in [1.165, 1.54) is 19.3 Å². The van der Waals surface area contributed by atoms with Crippen LogP contribution in [0, 0.1) is 5.41 Å². The van der Waals surface area contributed by atoms with E-state index in [0.717, 1.165) is 12.2 Å². The van der Waals surface area contributed by atoms with Crippen molar-refractivity contribution in [1.82, 2.24) is 4.98 Å². The maximum atomic E-state index is 5.59. The average molecular weight is 191 g/mol. The summed E-state index contributed by atoms with van der Waals surface area (Å²) in [6.45, 7) is 3.37. The van der Waals surface area contributed by atoms with Crippen molar-refractivity contribution in [1.29, 1.82) is 0 Å². The quantitative estimate of drug-likeness (QED) is 0.770. The van der Waals surface area contributed by atoms with Crippen LogP contribution >= 0.6 is 0 Å². The van der Waals surface area contributed by atoms with E-state index >= 15 is 0 Å². The summed E-state index contributed by atoms with van der Waals surface area (Å²) in [6, 6.07) is 3.83. The van der Waals surface area contributed by atoms with Gasteiger partial charge >= 0.3 is 0 Å². The minimum Gasteiger partial charge on any atom is -0.384 e. The number of rotatable bonds is 3. The van der Waals surface area contributed by atoms with Gasteiger partial charge in [-0.1, -0.05) is 13.3 Å². The van der Waals surface area contributed by atoms with Gasteiger partial charge in [0.1, 0.15) is 5.82 Å². The summed E-state index contributed by atoms with van der Waals surface area (Å²) < 4.78 is 0. The Balaban J connectivity index is 1.91. The second-order valence-electron chi connectivity index (χ2n) is 4.49. The Morgan fingerprint density at radius 1 is 1.57 bits per heavy atom. The molecule has 1 aromatic heterocycles. The predicted octanol–water partition coefficient (Wildman–Crippen LogP) is 2.27. The molecule has 0 radical (unpaired) electrons. The molecule has 0 aromatic carbocycles. The number of hydrogen-bond acceptors (Lipinski definition) is 3. The molecule has 0 bridgehead atoms. The molecule has 0 atom stereocenters. The second kappa shape index (κ2) is 3.48. The van der Waals surface area contributed by atoms with Gasteiger partial charge in [-0.3, -0.25) is 0 Å². The van der Waals surface area contributed by atoms with Crippen LogP contribution in [0.2, 0.25) is 0 Å². The molecule has 76 valence electrons. The Bertz CT molecular complexity index is 318. The molecule has 1 aliphatic rings. The van der Waals surface area contributed by atoms with E-state index in [1.54, 1.807) is 6.20 Å². The number of nitrogens with two attached hydrogens (primary N) is 1. The van der Waals surface area contributed by atoms with Gasteiger partial charge in [0, 0.05) is 24.5 Å². The molecule has 1 heterocycles. The van der Waals surface area contributed by atoms with Crippen LogP contribution in [0.15, 0.2) is 18.3 Å². The molecule has 0 saturated heterocycles. The fraction of sp³-hybridized carbons (Fsp3) is 0.545. The normalized spacial score (nSPS) is 18.6. The monoisotopic (exact) mass is 191 g/mol. The van der Waals surface area contributed by atoms with Crippen LogP contribution in [-0.2, 0) is 0 Å². The Hall–Kier alpha value is -1.25. The highest BCUT2D eigenvalue weighted by Gasteiger charge is 2.31. The molecule has 3 N–H and O–H groups in total. The third-order valence-corrected chi connectivity index (χ3v) is 3.06. The molecular formula is C11H17N3. The third kappa shape index (κ3) is 1.97. The maximum absolute atomic E-state index is 5.59. The minimum atomic E-state index is 0.498. The van der Waals surface area contributed by atoms with Gasteiger partial charge in [-0.15, -0.1) is 0 Å². The Kier molecular flexibility index (Phi) is 2.32. The zero-order chi connectivity index (χ0) is 10.0. The van der Waals surface area contributed by atoms with E-state index in [1.807, 2.05) is 12.1 Å². The molecular weight excluding hydrogens is 174 g/mol. The first kappa shape index (κ1) is 9.31. The lowest BCUT2D eigenvalue weighted by molar-refractivity contribution is 0.180. The van der Waals surface area contributed by atoms with Gasteiger partial charge in [-0.2, -0.15) is 0 Å². The van der Waals surface area contributed by atoms with Gasteiger partial charge < -0.3 is 11.1 Å². The molecule has 0 aliphatic heterocycles. The summed E-state index contributed by atoms with van der Waals surface area (Å²) in [5, 5.41) is 3.41. The fourth-order valence-corrected chi connectivity index (χ4v) is 1.83. The molecule has 0 amide bonds. The van der Waals surface area contributed by atoms with Gasteiger partial charge in [-0.05, 0) is 24.3 Å². The van der Waals surface area contributed by atoms with E-state index in [0.29, 0.717) is 11.2 Å². The Morgan fingerprint density at radius 2 is 2.36 bits per heavy atom. The number of nitrogen functional groups attached to an aromatic ring is 1. The first-order valence-electron chi connectivity index (χ1n) is 5.13. The number of nitrogens with one attached hydrogen (secondary N) is 1. The molecule has 1 saturated carbocycles. The molecule has 14 heavy (non-hydrogen) atoms. The van der Waals surface area contributed by atoms with Crippen LogP contribution in [-0.4, -0.2) is 11.5 Å². The first-order chi connectivity index (χ1) is 6.68. The summed E-state index contributed by atoms with van der Waals surface area (Å²) in [5.41, 5.74) is 7.17. The lowest BCUT2D eigenvalue weighted by Crippen LogP contribution is -2.33. The first-order valence-corrected chi connectivity index (χ1v) is 5.13. The Labute approximate surface area is 84.7 Å². The SMILES string of the molecule is CC1(CNc2ccnc(N)c2)CCC1. The van der Waals surface area contributed by atoms with Crippen LogP contribution in [0.3, 0.4) is 0 Å². The van der Waals surface area contributed by atoms with Crippen LogP contribution < -0.4 is 11.1 Å². The topological polar surface area (TPSA) is 50.9 Å². The van der Waals surface area contributed by atoms with Crippen LogP contribution in [0.1, 0.15) is 26.2 Å². The van der Waals surface area contributed by atoms with Crippen molar-refractivity contribution in [2.75, 3.05) is 17.6 Å². The predicted molar refractivity (Wildman–Crippen MR) is 59.1 cm³/mol. The van der Waals surface area contributed by atoms with Crippen molar-refractivity contribution < 1.29 is 0 Å². The molecule has 0 unspecified atom stereocenters. The maximum Gasteiger partial charge on any atom is 0.125 e. The third-order valence-electron chi connectivity index (χ3n) is 3.06. The zero-order valence-corrected chi connectivity index (χ0v) is 8.59. The van der Waals surface area contributed by atoms with Gasteiger partial charge in [0.05, 0.1) is 0 Å². The largest absolute Gasteiger partial charge is 0.384 e. The number of anilines is 2. The van der Waals surface area contributed by atoms with E-state index in [2.05, 4.69) is 17.2 Å². The van der Waals surface area contributed by atoms with E-state index in [4.69, 9.17) is 5.73 Å². The van der Waals surface area contributed by atoms with Gasteiger partial charge in [0.2, 0.25) is 0 Å². The average Bonchev–Trinajstić information content (AvgIpc) is 2.12. The van der Waals surface area contributed by atoms with Crippen molar-refractivity contribution in [3.05, 3.63) is 18.3 Å². The van der Waals surface area contributed by atoms with Gasteiger partial charge in [0.15, 0.2) is 0 Å². The number of pyridine rings is 1. The van der Waals surface area contributed by atoms with Gasteiger partial charge in [0.25, 0.3) is 0 Å². The molecule has 1 fully saturated rings. The van der Waals surface area contributed by atoms with E-state index < -0.39 is 0 Å². The molecule has 3 nitrogen and oxygen atoms in total. The van der Waals surface area contributed by atoms with E-state index in [-0.39, 0.29) is 0 Å². The highest BCUT2D eigenvalue weighted by Crippen LogP contribution is 2.40. The lowest BCUT2D eigenvalue weighted by Gasteiger charge is -2.38. The number of nitrogens with zero attached hydrogens (tertiary/aromatic N) is 1. The minimum absolute atomic E-state index is 0.498. The summed E-state index contributed by atoms with van der Waals surface area (Å²) in [7, 11) is 0. The standard InChI is InChI=1S/C11H17N3/c1-11(4-2-5-11)8-14-9-3-6-13-10(12)7-9/h3,6-7H,2,4-5,8H2,1H3,(H3,12,13,14). The van der Waals surface area contributed by atoms with Crippen molar-refractivity contribution >= 4 is 11.5 Å². The zero-order valence-electron chi connectivity index (χ0n) is 8.59. The molecule has 0 spiro atoms. The number of aromatic nitrogens is 1. The lowest BCUT2D eigenvalue weighted by atomic mass is 9.70. The summed E-state index contributed by atoms with van der Waals surface area (Å²) in [5.74, 6) is 0.578. The highest BCUT2D eigenvalue weighted by atomic mass is 14.9. The second-order valence-corrected chi connectivity index (χ2v) is 4.49. The molecule has 1 aromatic rings. The summed E-state index contributed by atoms with van der Waals surface area (Å²) >= 11 is 0.